The maximum atomic E-state index is 9.34. The van der Waals surface area contributed by atoms with Crippen LogP contribution in [-0.4, -0.2) is 24.2 Å². The minimum atomic E-state index is 0. The topological polar surface area (TPSA) is 56.7 Å². The summed E-state index contributed by atoms with van der Waals surface area (Å²) in [5.74, 6) is 1.10. The third-order valence-electron chi connectivity index (χ3n) is 2.22. The van der Waals surface area contributed by atoms with E-state index in [1.54, 1.807) is 12.1 Å². The molecule has 5 heteroatoms. The molecule has 0 aliphatic heterocycles. The highest BCUT2D eigenvalue weighted by Gasteiger charge is 1.97. The minimum Gasteiger partial charge on any atom is -0.508 e. The molecule has 3 N–H and O–H groups in total. The van der Waals surface area contributed by atoms with E-state index < -0.39 is 0 Å². The third-order valence-corrected chi connectivity index (χ3v) is 2.22. The van der Waals surface area contributed by atoms with Crippen LogP contribution in [0.1, 0.15) is 25.8 Å². The standard InChI is InChI=1S/C13H21N3O.HI/c1-3-8-15-13(14-4-2)16-10-11-6-5-7-12(17)9-11;/h5-7,9,17H,3-4,8,10H2,1-2H3,(H2,14,15,16);1H. The number of rotatable bonds is 5. The van der Waals surface area contributed by atoms with Crippen LogP contribution in [0.4, 0.5) is 0 Å². The van der Waals surface area contributed by atoms with Crippen molar-refractivity contribution in [1.29, 1.82) is 0 Å². The molecule has 0 saturated heterocycles. The molecule has 18 heavy (non-hydrogen) atoms. The summed E-state index contributed by atoms with van der Waals surface area (Å²) in [6.45, 7) is 6.47. The van der Waals surface area contributed by atoms with Gasteiger partial charge in [0.15, 0.2) is 5.96 Å². The van der Waals surface area contributed by atoms with Gasteiger partial charge in [-0.05, 0) is 31.0 Å². The summed E-state index contributed by atoms with van der Waals surface area (Å²) in [6, 6.07) is 7.17. The fraction of sp³-hybridized carbons (Fsp3) is 0.462. The number of aliphatic imine (C=N–C) groups is 1. The highest BCUT2D eigenvalue weighted by Crippen LogP contribution is 2.11. The van der Waals surface area contributed by atoms with E-state index in [-0.39, 0.29) is 29.7 Å². The summed E-state index contributed by atoms with van der Waals surface area (Å²) in [4.78, 5) is 4.45. The van der Waals surface area contributed by atoms with Crippen LogP contribution in [0.15, 0.2) is 29.3 Å². The first kappa shape index (κ1) is 17.0. The molecule has 0 atom stereocenters. The first-order chi connectivity index (χ1) is 8.26. The molecule has 0 radical (unpaired) electrons. The lowest BCUT2D eigenvalue weighted by atomic mass is 10.2. The Hall–Kier alpha value is -0.980. The molecule has 0 bridgehead atoms. The summed E-state index contributed by atoms with van der Waals surface area (Å²) in [6.07, 6.45) is 1.07. The maximum Gasteiger partial charge on any atom is 0.191 e. The zero-order chi connectivity index (χ0) is 12.5. The molecular formula is C13H22IN3O. The van der Waals surface area contributed by atoms with Crippen molar-refractivity contribution < 1.29 is 5.11 Å². The minimum absolute atomic E-state index is 0. The van der Waals surface area contributed by atoms with Gasteiger partial charge in [-0.15, -0.1) is 24.0 Å². The van der Waals surface area contributed by atoms with Crippen LogP contribution < -0.4 is 10.6 Å². The molecule has 1 rings (SSSR count). The van der Waals surface area contributed by atoms with E-state index in [0.717, 1.165) is 31.0 Å². The molecule has 1 aromatic carbocycles. The molecule has 0 spiro atoms. The molecule has 0 unspecified atom stereocenters. The third kappa shape index (κ3) is 6.68. The van der Waals surface area contributed by atoms with Crippen LogP contribution in [-0.2, 0) is 6.54 Å². The van der Waals surface area contributed by atoms with Gasteiger partial charge in [-0.2, -0.15) is 0 Å². The lowest BCUT2D eigenvalue weighted by Crippen LogP contribution is -2.37. The lowest BCUT2D eigenvalue weighted by molar-refractivity contribution is 0.474. The molecule has 0 saturated carbocycles. The summed E-state index contributed by atoms with van der Waals surface area (Å²) in [5, 5.41) is 15.8. The fourth-order valence-corrected chi connectivity index (χ4v) is 1.41. The molecule has 0 fully saturated rings. The van der Waals surface area contributed by atoms with Crippen LogP contribution >= 0.6 is 24.0 Å². The molecular weight excluding hydrogens is 341 g/mol. The van der Waals surface area contributed by atoms with Gasteiger partial charge in [0.25, 0.3) is 0 Å². The Morgan fingerprint density at radius 1 is 1.28 bits per heavy atom. The first-order valence-corrected chi connectivity index (χ1v) is 6.06. The number of benzene rings is 1. The maximum absolute atomic E-state index is 9.34. The summed E-state index contributed by atoms with van der Waals surface area (Å²) in [7, 11) is 0. The average molecular weight is 363 g/mol. The van der Waals surface area contributed by atoms with Crippen LogP contribution in [0.2, 0.25) is 0 Å². The van der Waals surface area contributed by atoms with Crippen molar-refractivity contribution in [1.82, 2.24) is 10.6 Å². The van der Waals surface area contributed by atoms with E-state index in [1.807, 2.05) is 19.1 Å². The zero-order valence-electron chi connectivity index (χ0n) is 10.9. The van der Waals surface area contributed by atoms with Gasteiger partial charge >= 0.3 is 0 Å². The Bertz CT molecular complexity index is 369. The highest BCUT2D eigenvalue weighted by molar-refractivity contribution is 14.0. The van der Waals surface area contributed by atoms with Gasteiger partial charge in [-0.1, -0.05) is 19.1 Å². The normalized spacial score (nSPS) is 10.7. The van der Waals surface area contributed by atoms with E-state index in [0.29, 0.717) is 6.54 Å². The number of phenolic OH excluding ortho intramolecular Hbond substituents is 1. The highest BCUT2D eigenvalue weighted by atomic mass is 127. The van der Waals surface area contributed by atoms with Crippen molar-refractivity contribution in [2.75, 3.05) is 13.1 Å². The van der Waals surface area contributed by atoms with Crippen LogP contribution in [0.3, 0.4) is 0 Å². The number of nitrogens with zero attached hydrogens (tertiary/aromatic N) is 1. The van der Waals surface area contributed by atoms with Gasteiger partial charge in [-0.25, -0.2) is 4.99 Å². The molecule has 0 aromatic heterocycles. The van der Waals surface area contributed by atoms with Crippen LogP contribution in [0, 0.1) is 0 Å². The molecule has 102 valence electrons. The van der Waals surface area contributed by atoms with Gasteiger partial charge in [0.1, 0.15) is 5.75 Å². The second kappa shape index (κ2) is 9.99. The number of aromatic hydroxyl groups is 1. The van der Waals surface area contributed by atoms with Gasteiger partial charge in [0.05, 0.1) is 6.54 Å². The second-order valence-corrected chi connectivity index (χ2v) is 3.79. The summed E-state index contributed by atoms with van der Waals surface area (Å²) < 4.78 is 0. The van der Waals surface area contributed by atoms with E-state index >= 15 is 0 Å². The quantitative estimate of drug-likeness (QED) is 0.428. The van der Waals surface area contributed by atoms with E-state index in [9.17, 15) is 5.11 Å². The Morgan fingerprint density at radius 3 is 2.67 bits per heavy atom. The van der Waals surface area contributed by atoms with Crippen molar-refractivity contribution in [3.63, 3.8) is 0 Å². The zero-order valence-corrected chi connectivity index (χ0v) is 13.3. The predicted molar refractivity (Wildman–Crippen MR) is 86.6 cm³/mol. The van der Waals surface area contributed by atoms with Crippen molar-refractivity contribution in [3.05, 3.63) is 29.8 Å². The van der Waals surface area contributed by atoms with Crippen LogP contribution in [0.25, 0.3) is 0 Å². The number of halogens is 1. The van der Waals surface area contributed by atoms with E-state index in [1.165, 1.54) is 0 Å². The van der Waals surface area contributed by atoms with Crippen molar-refractivity contribution in [3.8, 4) is 5.75 Å². The van der Waals surface area contributed by atoms with E-state index in [4.69, 9.17) is 0 Å². The van der Waals surface area contributed by atoms with Crippen molar-refractivity contribution >= 4 is 29.9 Å². The predicted octanol–water partition coefficient (Wildman–Crippen LogP) is 2.48. The fourth-order valence-electron chi connectivity index (χ4n) is 1.41. The van der Waals surface area contributed by atoms with Gasteiger partial charge in [-0.3, -0.25) is 0 Å². The molecule has 0 heterocycles. The Kier molecular flexibility index (Phi) is 9.45. The largest absolute Gasteiger partial charge is 0.508 e. The molecule has 0 aliphatic rings. The number of nitrogens with one attached hydrogen (secondary N) is 2. The number of hydrogen-bond acceptors (Lipinski definition) is 2. The second-order valence-electron chi connectivity index (χ2n) is 3.79. The average Bonchev–Trinajstić information content (AvgIpc) is 2.33. The van der Waals surface area contributed by atoms with Gasteiger partial charge < -0.3 is 15.7 Å². The van der Waals surface area contributed by atoms with Crippen LogP contribution in [0.5, 0.6) is 5.75 Å². The monoisotopic (exact) mass is 363 g/mol. The summed E-state index contributed by atoms with van der Waals surface area (Å²) >= 11 is 0. The number of phenols is 1. The first-order valence-electron chi connectivity index (χ1n) is 6.06. The number of hydrogen-bond donors (Lipinski definition) is 3. The summed E-state index contributed by atoms with van der Waals surface area (Å²) in [5.41, 5.74) is 0.999. The van der Waals surface area contributed by atoms with Crippen molar-refractivity contribution in [2.45, 2.75) is 26.8 Å². The lowest BCUT2D eigenvalue weighted by Gasteiger charge is -2.10. The SMILES string of the molecule is CCCNC(=NCc1cccc(O)c1)NCC.I. The Morgan fingerprint density at radius 2 is 2.06 bits per heavy atom. The van der Waals surface area contributed by atoms with Gasteiger partial charge in [0, 0.05) is 13.1 Å². The Balaban J connectivity index is 0.00000289. The molecule has 0 aliphatic carbocycles. The van der Waals surface area contributed by atoms with Crippen molar-refractivity contribution in [2.24, 2.45) is 4.99 Å². The molecule has 0 amide bonds. The van der Waals surface area contributed by atoms with E-state index in [2.05, 4.69) is 22.5 Å². The molecule has 4 nitrogen and oxygen atoms in total. The molecule has 1 aromatic rings. The Labute approximate surface area is 126 Å². The smallest absolute Gasteiger partial charge is 0.191 e. The number of guanidine groups is 1. The van der Waals surface area contributed by atoms with Gasteiger partial charge in [0.2, 0.25) is 0 Å².